The molecule has 10 heteroatoms. The highest BCUT2D eigenvalue weighted by Crippen LogP contribution is 2.20. The number of carbonyl (C=O) groups is 1. The van der Waals surface area contributed by atoms with Gasteiger partial charge in [0.1, 0.15) is 5.82 Å². The average molecular weight is 436 g/mol. The van der Waals surface area contributed by atoms with Gasteiger partial charge in [0.2, 0.25) is 5.91 Å². The molecular weight excluding hydrogens is 406 g/mol. The second kappa shape index (κ2) is 10.1. The van der Waals surface area contributed by atoms with Gasteiger partial charge in [-0.15, -0.1) is 0 Å². The lowest BCUT2D eigenvalue weighted by Crippen LogP contribution is -2.32. The lowest BCUT2D eigenvalue weighted by Gasteiger charge is -2.18. The van der Waals surface area contributed by atoms with E-state index in [0.717, 1.165) is 66.1 Å². The summed E-state index contributed by atoms with van der Waals surface area (Å²) >= 11 is 0. The zero-order valence-corrected chi connectivity index (χ0v) is 18.2. The van der Waals surface area contributed by atoms with Crippen molar-refractivity contribution >= 4 is 28.6 Å². The molecule has 0 aliphatic carbocycles. The summed E-state index contributed by atoms with van der Waals surface area (Å²) in [4.78, 5) is 31.0. The van der Waals surface area contributed by atoms with Crippen LogP contribution in [0.15, 0.2) is 40.8 Å². The van der Waals surface area contributed by atoms with Gasteiger partial charge >= 0.3 is 0 Å². The number of amides is 1. The van der Waals surface area contributed by atoms with Crippen molar-refractivity contribution in [3.05, 3.63) is 47.8 Å². The minimum atomic E-state index is -0.0421. The molecular formula is C22H29N9O. The van der Waals surface area contributed by atoms with E-state index in [1.54, 1.807) is 6.33 Å². The predicted octanol–water partition coefficient (Wildman–Crippen LogP) is 1.62. The number of aromatic amines is 2. The normalized spacial score (nSPS) is 16.8. The SMILES string of the molecule is CC1CC(=O)NN=C1c1ccc2nc(CCCNC(N)=NCCCc3cnc[nH]3)[nH]c2c1. The molecule has 168 valence electrons. The fraction of sp³-hybridized carbons (Fsp3) is 0.409. The third-order valence-corrected chi connectivity index (χ3v) is 5.42. The number of nitrogens with two attached hydrogens (primary N) is 1. The number of aliphatic imine (C=N–C) groups is 1. The Morgan fingerprint density at radius 1 is 1.31 bits per heavy atom. The molecule has 1 aromatic carbocycles. The number of guanidine groups is 1. The molecule has 32 heavy (non-hydrogen) atoms. The molecule has 0 saturated carbocycles. The number of hydrogen-bond acceptors (Lipinski definition) is 5. The van der Waals surface area contributed by atoms with Crippen LogP contribution in [0.1, 0.15) is 43.3 Å². The standard InChI is InChI=1S/C22H29N9O/c1-14-10-20(32)30-31-21(14)15-6-7-17-18(11-15)29-19(28-17)5-3-9-26-22(23)25-8-2-4-16-12-24-13-27-16/h6-7,11-14H,2-5,8-10H2,1H3,(H,24,27)(H,28,29)(H,30,32)(H3,23,25,26). The molecule has 1 unspecified atom stereocenters. The first-order valence-corrected chi connectivity index (χ1v) is 10.9. The number of rotatable bonds is 9. The molecule has 0 radical (unpaired) electrons. The molecule has 10 nitrogen and oxygen atoms in total. The van der Waals surface area contributed by atoms with Gasteiger partial charge in [-0.05, 0) is 31.4 Å². The number of benzene rings is 1. The first-order valence-electron chi connectivity index (χ1n) is 10.9. The Morgan fingerprint density at radius 3 is 3.03 bits per heavy atom. The van der Waals surface area contributed by atoms with Gasteiger partial charge in [-0.3, -0.25) is 9.79 Å². The van der Waals surface area contributed by atoms with Crippen LogP contribution in [-0.4, -0.2) is 50.6 Å². The van der Waals surface area contributed by atoms with Crippen molar-refractivity contribution in [2.75, 3.05) is 13.1 Å². The van der Waals surface area contributed by atoms with Crippen LogP contribution in [-0.2, 0) is 17.6 Å². The molecule has 1 aliphatic heterocycles. The monoisotopic (exact) mass is 435 g/mol. The molecule has 0 fully saturated rings. The van der Waals surface area contributed by atoms with Crippen molar-refractivity contribution < 1.29 is 4.79 Å². The highest BCUT2D eigenvalue weighted by molar-refractivity contribution is 6.07. The molecule has 0 saturated heterocycles. The molecule has 0 spiro atoms. The van der Waals surface area contributed by atoms with E-state index in [2.05, 4.69) is 40.8 Å². The Hall–Kier alpha value is -3.69. The molecule has 0 bridgehead atoms. The summed E-state index contributed by atoms with van der Waals surface area (Å²) in [5.74, 6) is 1.45. The zero-order valence-electron chi connectivity index (χ0n) is 18.2. The van der Waals surface area contributed by atoms with Crippen LogP contribution in [0, 0.1) is 5.92 Å². The Labute approximate surface area is 186 Å². The lowest BCUT2D eigenvalue weighted by atomic mass is 9.94. The van der Waals surface area contributed by atoms with Crippen LogP contribution in [0.25, 0.3) is 11.0 Å². The van der Waals surface area contributed by atoms with Crippen LogP contribution < -0.4 is 16.5 Å². The van der Waals surface area contributed by atoms with E-state index in [-0.39, 0.29) is 11.8 Å². The molecule has 4 rings (SSSR count). The minimum Gasteiger partial charge on any atom is -0.370 e. The Bertz CT molecular complexity index is 1110. The largest absolute Gasteiger partial charge is 0.370 e. The fourth-order valence-electron chi connectivity index (χ4n) is 3.76. The van der Waals surface area contributed by atoms with Gasteiger partial charge in [0.05, 0.1) is 23.1 Å². The van der Waals surface area contributed by atoms with Crippen molar-refractivity contribution in [3.63, 3.8) is 0 Å². The van der Waals surface area contributed by atoms with Gasteiger partial charge < -0.3 is 21.0 Å². The maximum absolute atomic E-state index is 11.5. The smallest absolute Gasteiger partial charge is 0.240 e. The predicted molar refractivity (Wildman–Crippen MR) is 124 cm³/mol. The second-order valence-corrected chi connectivity index (χ2v) is 8.03. The molecule has 1 aliphatic rings. The number of imidazole rings is 2. The van der Waals surface area contributed by atoms with E-state index in [0.29, 0.717) is 18.9 Å². The second-order valence-electron chi connectivity index (χ2n) is 8.03. The van der Waals surface area contributed by atoms with E-state index < -0.39 is 0 Å². The maximum atomic E-state index is 11.5. The molecule has 3 heterocycles. The van der Waals surface area contributed by atoms with Crippen molar-refractivity contribution in [1.29, 1.82) is 0 Å². The maximum Gasteiger partial charge on any atom is 0.240 e. The molecule has 2 aromatic heterocycles. The summed E-state index contributed by atoms with van der Waals surface area (Å²) in [7, 11) is 0. The van der Waals surface area contributed by atoms with Crippen LogP contribution in [0.4, 0.5) is 0 Å². The summed E-state index contributed by atoms with van der Waals surface area (Å²) in [6.07, 6.45) is 7.48. The van der Waals surface area contributed by atoms with Gasteiger partial charge in [-0.1, -0.05) is 13.0 Å². The van der Waals surface area contributed by atoms with E-state index >= 15 is 0 Å². The third kappa shape index (κ3) is 5.51. The van der Waals surface area contributed by atoms with Crippen LogP contribution >= 0.6 is 0 Å². The van der Waals surface area contributed by atoms with Gasteiger partial charge in [-0.2, -0.15) is 5.10 Å². The third-order valence-electron chi connectivity index (χ3n) is 5.42. The number of carbonyl (C=O) groups excluding carboxylic acids is 1. The minimum absolute atomic E-state index is 0.0421. The fourth-order valence-corrected chi connectivity index (χ4v) is 3.76. The number of nitrogens with zero attached hydrogens (tertiary/aromatic N) is 4. The Balaban J connectivity index is 1.24. The lowest BCUT2D eigenvalue weighted by molar-refractivity contribution is -0.121. The Morgan fingerprint density at radius 2 is 2.22 bits per heavy atom. The molecule has 1 amide bonds. The highest BCUT2D eigenvalue weighted by Gasteiger charge is 2.22. The van der Waals surface area contributed by atoms with Crippen molar-refractivity contribution in [1.82, 2.24) is 30.7 Å². The van der Waals surface area contributed by atoms with Crippen molar-refractivity contribution in [2.24, 2.45) is 21.7 Å². The van der Waals surface area contributed by atoms with Crippen LogP contribution in [0.2, 0.25) is 0 Å². The molecule has 3 aromatic rings. The van der Waals surface area contributed by atoms with Gasteiger partial charge in [-0.25, -0.2) is 15.4 Å². The molecule has 1 atom stereocenters. The summed E-state index contributed by atoms with van der Waals surface area (Å²) in [6.45, 7) is 3.42. The summed E-state index contributed by atoms with van der Waals surface area (Å²) in [5.41, 5.74) is 13.4. The number of aromatic nitrogens is 4. The summed E-state index contributed by atoms with van der Waals surface area (Å²) in [5, 5.41) is 7.40. The van der Waals surface area contributed by atoms with Crippen molar-refractivity contribution in [3.8, 4) is 0 Å². The summed E-state index contributed by atoms with van der Waals surface area (Å²) < 4.78 is 0. The number of nitrogens with one attached hydrogen (secondary N) is 4. The number of hydrazone groups is 1. The van der Waals surface area contributed by atoms with Crippen molar-refractivity contribution in [2.45, 2.75) is 39.0 Å². The number of aryl methyl sites for hydroxylation is 2. The highest BCUT2D eigenvalue weighted by atomic mass is 16.2. The van der Waals surface area contributed by atoms with E-state index in [1.165, 1.54) is 0 Å². The number of hydrogen-bond donors (Lipinski definition) is 5. The van der Waals surface area contributed by atoms with Gasteiger partial charge in [0.25, 0.3) is 0 Å². The first kappa shape index (κ1) is 21.5. The molecule has 6 N–H and O–H groups in total. The average Bonchev–Trinajstić information content (AvgIpc) is 3.43. The van der Waals surface area contributed by atoms with E-state index in [9.17, 15) is 4.79 Å². The van der Waals surface area contributed by atoms with E-state index in [1.807, 2.05) is 31.3 Å². The van der Waals surface area contributed by atoms with Gasteiger partial charge in [0.15, 0.2) is 5.96 Å². The Kier molecular flexibility index (Phi) is 6.78. The number of fused-ring (bicyclic) bond motifs is 1. The number of H-pyrrole nitrogens is 2. The van der Waals surface area contributed by atoms with E-state index in [4.69, 9.17) is 5.73 Å². The first-order chi connectivity index (χ1) is 15.6. The topological polar surface area (TPSA) is 149 Å². The van der Waals surface area contributed by atoms with Crippen LogP contribution in [0.5, 0.6) is 0 Å². The van der Waals surface area contributed by atoms with Gasteiger partial charge in [0, 0.05) is 49.3 Å². The summed E-state index contributed by atoms with van der Waals surface area (Å²) in [6, 6.07) is 6.04. The quantitative estimate of drug-likeness (QED) is 0.197. The zero-order chi connectivity index (χ0) is 22.3. The van der Waals surface area contributed by atoms with Crippen LogP contribution in [0.3, 0.4) is 0 Å².